The number of hydrogen-bond donors (Lipinski definition) is 0. The minimum Gasteiger partial charge on any atom is -0.206 e. The van der Waals surface area contributed by atoms with Crippen molar-refractivity contribution in [3.63, 3.8) is 0 Å². The van der Waals surface area contributed by atoms with E-state index in [4.69, 9.17) is 11.7 Å². The second-order valence-electron chi connectivity index (χ2n) is 2.40. The van der Waals surface area contributed by atoms with Crippen molar-refractivity contribution in [1.29, 1.82) is 5.26 Å². The maximum Gasteiger partial charge on any atom is 0.140 e. The van der Waals surface area contributed by atoms with Gasteiger partial charge in [0.25, 0.3) is 0 Å². The van der Waals surface area contributed by atoms with Crippen LogP contribution >= 0.6 is 0 Å². The molecule has 0 aliphatic carbocycles. The zero-order valence-corrected chi connectivity index (χ0v) is 6.56. The average molecular weight is 159 g/mol. The summed E-state index contributed by atoms with van der Waals surface area (Å²) in [6, 6.07) is 4.53. The lowest BCUT2D eigenvalue weighted by Gasteiger charge is -1.98. The van der Waals surface area contributed by atoms with Crippen molar-refractivity contribution in [2.45, 2.75) is 6.92 Å². The molecule has 58 valence electrons. The fourth-order valence-corrected chi connectivity index (χ4v) is 0.913. The summed E-state index contributed by atoms with van der Waals surface area (Å²) in [5.41, 5.74) is 1.23. The van der Waals surface area contributed by atoms with Crippen LogP contribution in [0.4, 0.5) is 4.39 Å². The predicted molar refractivity (Wildman–Crippen MR) is 43.8 cm³/mol. The largest absolute Gasteiger partial charge is 0.206 e. The summed E-state index contributed by atoms with van der Waals surface area (Å²) in [6.07, 6.45) is 5.04. The fraction of sp³-hybridized carbons (Fsp3) is 0.100. The highest BCUT2D eigenvalue weighted by molar-refractivity contribution is 5.45. The second-order valence-corrected chi connectivity index (χ2v) is 2.40. The molecule has 0 saturated carbocycles. The molecule has 0 saturated heterocycles. The molecule has 0 unspecified atom stereocenters. The zero-order valence-electron chi connectivity index (χ0n) is 6.56. The SMILES string of the molecule is C#Cc1cc(C)c(C#N)cc1F. The second kappa shape index (κ2) is 3.07. The Bertz CT molecular complexity index is 354. The number of terminal acetylenes is 1. The Morgan fingerprint density at radius 3 is 2.58 bits per heavy atom. The van der Waals surface area contributed by atoms with Crippen molar-refractivity contribution < 1.29 is 4.39 Å². The van der Waals surface area contributed by atoms with E-state index in [1.807, 2.05) is 6.07 Å². The molecule has 0 N–H and O–H groups in total. The standard InChI is InChI=1S/C10H6FN/c1-3-8-4-7(2)9(6-12)5-10(8)11/h1,4-5H,2H3. The van der Waals surface area contributed by atoms with Gasteiger partial charge in [-0.2, -0.15) is 5.26 Å². The summed E-state index contributed by atoms with van der Waals surface area (Å²) < 4.78 is 12.9. The van der Waals surface area contributed by atoms with Gasteiger partial charge in [0, 0.05) is 0 Å². The third-order valence-electron chi connectivity index (χ3n) is 1.59. The number of hydrogen-bond acceptors (Lipinski definition) is 1. The summed E-state index contributed by atoms with van der Waals surface area (Å²) in [6.45, 7) is 1.72. The molecule has 0 fully saturated rings. The van der Waals surface area contributed by atoms with E-state index in [1.165, 1.54) is 6.07 Å². The van der Waals surface area contributed by atoms with Gasteiger partial charge in [-0.05, 0) is 24.6 Å². The number of nitrogens with zero attached hydrogens (tertiary/aromatic N) is 1. The monoisotopic (exact) mass is 159 g/mol. The van der Waals surface area contributed by atoms with Crippen LogP contribution in [-0.4, -0.2) is 0 Å². The van der Waals surface area contributed by atoms with Crippen LogP contribution in [0, 0.1) is 36.4 Å². The molecule has 1 aromatic carbocycles. The normalized spacial score (nSPS) is 8.67. The lowest BCUT2D eigenvalue weighted by molar-refractivity contribution is 0.623. The van der Waals surface area contributed by atoms with Gasteiger partial charge in [0.1, 0.15) is 5.82 Å². The van der Waals surface area contributed by atoms with Crippen molar-refractivity contribution >= 4 is 0 Å². The molecule has 0 heterocycles. The molecule has 0 atom stereocenters. The smallest absolute Gasteiger partial charge is 0.140 e. The molecule has 1 rings (SSSR count). The van der Waals surface area contributed by atoms with Gasteiger partial charge in [-0.25, -0.2) is 4.39 Å². The highest BCUT2D eigenvalue weighted by Gasteiger charge is 2.03. The first-order valence-corrected chi connectivity index (χ1v) is 3.36. The van der Waals surface area contributed by atoms with Crippen LogP contribution in [-0.2, 0) is 0 Å². The third kappa shape index (κ3) is 1.28. The van der Waals surface area contributed by atoms with Gasteiger partial charge in [0.2, 0.25) is 0 Å². The van der Waals surface area contributed by atoms with E-state index in [1.54, 1.807) is 6.92 Å². The van der Waals surface area contributed by atoms with E-state index < -0.39 is 5.82 Å². The first-order chi connectivity index (χ1) is 5.69. The zero-order chi connectivity index (χ0) is 9.14. The van der Waals surface area contributed by atoms with E-state index in [0.29, 0.717) is 11.1 Å². The van der Waals surface area contributed by atoms with Gasteiger partial charge in [-0.3, -0.25) is 0 Å². The Balaban J connectivity index is 3.41. The molecule has 0 radical (unpaired) electrons. The Labute approximate surface area is 70.4 Å². The first-order valence-electron chi connectivity index (χ1n) is 3.36. The third-order valence-corrected chi connectivity index (χ3v) is 1.59. The van der Waals surface area contributed by atoms with E-state index in [-0.39, 0.29) is 5.56 Å². The number of aryl methyl sites for hydroxylation is 1. The van der Waals surface area contributed by atoms with Crippen molar-refractivity contribution in [3.05, 3.63) is 34.6 Å². The van der Waals surface area contributed by atoms with Gasteiger partial charge in [-0.15, -0.1) is 6.42 Å². The fourth-order valence-electron chi connectivity index (χ4n) is 0.913. The molecular weight excluding hydrogens is 153 g/mol. The Morgan fingerprint density at radius 1 is 1.42 bits per heavy atom. The van der Waals surface area contributed by atoms with Crippen LogP contribution in [0.5, 0.6) is 0 Å². The molecule has 12 heavy (non-hydrogen) atoms. The maximum atomic E-state index is 12.9. The Hall–Kier alpha value is -1.80. The summed E-state index contributed by atoms with van der Waals surface area (Å²) in [5.74, 6) is 1.69. The van der Waals surface area contributed by atoms with E-state index >= 15 is 0 Å². The molecule has 1 nitrogen and oxygen atoms in total. The first kappa shape index (κ1) is 8.30. The summed E-state index contributed by atoms with van der Waals surface area (Å²) in [7, 11) is 0. The van der Waals surface area contributed by atoms with Crippen molar-refractivity contribution in [1.82, 2.24) is 0 Å². The van der Waals surface area contributed by atoms with Crippen molar-refractivity contribution in [3.8, 4) is 18.4 Å². The molecule has 2 heteroatoms. The van der Waals surface area contributed by atoms with Crippen molar-refractivity contribution in [2.24, 2.45) is 0 Å². The highest BCUT2D eigenvalue weighted by atomic mass is 19.1. The van der Waals surface area contributed by atoms with Crippen LogP contribution in [0.3, 0.4) is 0 Å². The molecular formula is C10H6FN. The van der Waals surface area contributed by atoms with Gasteiger partial charge >= 0.3 is 0 Å². The quantitative estimate of drug-likeness (QED) is 0.531. The van der Waals surface area contributed by atoms with Gasteiger partial charge in [0.05, 0.1) is 17.2 Å². The Kier molecular flexibility index (Phi) is 2.12. The lowest BCUT2D eigenvalue weighted by Crippen LogP contribution is -1.89. The van der Waals surface area contributed by atoms with Crippen LogP contribution < -0.4 is 0 Å². The van der Waals surface area contributed by atoms with Gasteiger partial charge in [-0.1, -0.05) is 5.92 Å². The predicted octanol–water partition coefficient (Wildman–Crippen LogP) is 1.99. The highest BCUT2D eigenvalue weighted by Crippen LogP contribution is 2.13. The average Bonchev–Trinajstić information content (AvgIpc) is 2.08. The topological polar surface area (TPSA) is 23.8 Å². The van der Waals surface area contributed by atoms with Crippen LogP contribution in [0.25, 0.3) is 0 Å². The minimum absolute atomic E-state index is 0.200. The van der Waals surface area contributed by atoms with Crippen LogP contribution in [0.15, 0.2) is 12.1 Å². The molecule has 0 aliphatic rings. The maximum absolute atomic E-state index is 12.9. The van der Waals surface area contributed by atoms with Crippen molar-refractivity contribution in [2.75, 3.05) is 0 Å². The molecule has 0 spiro atoms. The number of halogens is 1. The van der Waals surface area contributed by atoms with Crippen LogP contribution in [0.1, 0.15) is 16.7 Å². The van der Waals surface area contributed by atoms with E-state index in [2.05, 4.69) is 5.92 Å². The van der Waals surface area contributed by atoms with Gasteiger partial charge in [0.15, 0.2) is 0 Å². The van der Waals surface area contributed by atoms with Gasteiger partial charge < -0.3 is 0 Å². The summed E-state index contributed by atoms with van der Waals surface area (Å²) >= 11 is 0. The lowest BCUT2D eigenvalue weighted by atomic mass is 10.1. The number of nitriles is 1. The molecule has 0 aliphatic heterocycles. The minimum atomic E-state index is -0.514. The molecule has 0 bridgehead atoms. The molecule has 0 aromatic heterocycles. The van der Waals surface area contributed by atoms with Crippen LogP contribution in [0.2, 0.25) is 0 Å². The van der Waals surface area contributed by atoms with E-state index in [0.717, 1.165) is 6.07 Å². The summed E-state index contributed by atoms with van der Waals surface area (Å²) in [5, 5.41) is 8.54. The number of benzene rings is 1. The summed E-state index contributed by atoms with van der Waals surface area (Å²) in [4.78, 5) is 0. The number of rotatable bonds is 0. The molecule has 1 aromatic rings. The molecule has 0 amide bonds. The Morgan fingerprint density at radius 2 is 2.08 bits per heavy atom. The van der Waals surface area contributed by atoms with E-state index in [9.17, 15) is 4.39 Å².